The van der Waals surface area contributed by atoms with Crippen LogP contribution in [0, 0.1) is 0 Å². The van der Waals surface area contributed by atoms with Crippen LogP contribution in [0.1, 0.15) is 24.5 Å². The minimum atomic E-state index is -0.00991. The van der Waals surface area contributed by atoms with Crippen molar-refractivity contribution in [2.45, 2.75) is 19.4 Å². The first-order valence-corrected chi connectivity index (χ1v) is 14.4. The summed E-state index contributed by atoms with van der Waals surface area (Å²) in [4.78, 5) is 27.8. The van der Waals surface area contributed by atoms with Crippen LogP contribution < -0.4 is 19.7 Å². The number of carbonyl (C=O) groups is 1. The molecule has 0 spiro atoms. The van der Waals surface area contributed by atoms with Gasteiger partial charge in [0.05, 0.1) is 30.9 Å². The summed E-state index contributed by atoms with van der Waals surface area (Å²) >= 11 is 13.6. The zero-order valence-corrected chi connectivity index (χ0v) is 25.6. The molecule has 1 N–H and O–H groups in total. The molecule has 2 aliphatic heterocycles. The van der Waals surface area contributed by atoms with E-state index in [4.69, 9.17) is 42.4 Å². The Morgan fingerprint density at radius 1 is 1.12 bits per heavy atom. The van der Waals surface area contributed by atoms with E-state index in [1.54, 1.807) is 27.4 Å². The first-order valence-electron chi connectivity index (χ1n) is 13.6. The van der Waals surface area contributed by atoms with E-state index in [1.807, 2.05) is 24.1 Å². The lowest BCUT2D eigenvalue weighted by Gasteiger charge is -2.35. The van der Waals surface area contributed by atoms with Gasteiger partial charge >= 0.3 is 0 Å². The number of benzene rings is 1. The van der Waals surface area contributed by atoms with Crippen molar-refractivity contribution in [3.8, 4) is 11.5 Å². The van der Waals surface area contributed by atoms with Crippen molar-refractivity contribution in [3.05, 3.63) is 46.1 Å². The number of carbonyl (C=O) groups excluding carboxylic acids is 1. The number of aromatic nitrogens is 2. The van der Waals surface area contributed by atoms with E-state index in [1.165, 1.54) is 6.08 Å². The third-order valence-electron chi connectivity index (χ3n) is 7.23. The number of anilines is 2. The minimum Gasteiger partial charge on any atom is -0.495 e. The minimum absolute atomic E-state index is 0.00991. The Morgan fingerprint density at radius 3 is 2.41 bits per heavy atom. The number of nitrogens with one attached hydrogen (secondary N) is 1. The molecule has 2 aromatic rings. The molecule has 1 saturated heterocycles. The molecule has 1 aromatic heterocycles. The van der Waals surface area contributed by atoms with Gasteiger partial charge in [0.2, 0.25) is 11.9 Å². The molecule has 0 unspecified atom stereocenters. The summed E-state index contributed by atoms with van der Waals surface area (Å²) in [5.41, 5.74) is 2.44. The molecule has 0 bridgehead atoms. The highest BCUT2D eigenvalue weighted by molar-refractivity contribution is 6.39. The Hall–Kier alpha value is -3.05. The van der Waals surface area contributed by atoms with Gasteiger partial charge in [-0.3, -0.25) is 9.69 Å². The molecule has 0 saturated carbocycles. The van der Waals surface area contributed by atoms with Gasteiger partial charge in [-0.05, 0) is 37.6 Å². The maximum absolute atomic E-state index is 11.9. The number of rotatable bonds is 12. The zero-order valence-electron chi connectivity index (χ0n) is 24.1. The number of amides is 1. The van der Waals surface area contributed by atoms with Gasteiger partial charge in [0, 0.05) is 75.8 Å². The SMILES string of the molecule is C=CC(=O)N1CCN(CCCN2CC(c3c(Cl)c(OC)cc(OC)c3Cl)=Cc3cnc(N[C@H](C)COC)nc32)CC1. The van der Waals surface area contributed by atoms with E-state index in [9.17, 15) is 4.79 Å². The molecule has 41 heavy (non-hydrogen) atoms. The number of hydrogen-bond donors (Lipinski definition) is 1. The van der Waals surface area contributed by atoms with Crippen molar-refractivity contribution in [1.29, 1.82) is 0 Å². The average Bonchev–Trinajstić information content (AvgIpc) is 2.97. The summed E-state index contributed by atoms with van der Waals surface area (Å²) in [6.07, 6.45) is 6.12. The molecule has 1 aromatic carbocycles. The number of hydrogen-bond acceptors (Lipinski definition) is 9. The van der Waals surface area contributed by atoms with Crippen molar-refractivity contribution in [1.82, 2.24) is 19.8 Å². The summed E-state index contributed by atoms with van der Waals surface area (Å²) in [5, 5.41) is 4.16. The lowest BCUT2D eigenvalue weighted by Crippen LogP contribution is -2.48. The van der Waals surface area contributed by atoms with Gasteiger partial charge in [-0.1, -0.05) is 29.8 Å². The highest BCUT2D eigenvalue weighted by Gasteiger charge is 2.27. The largest absolute Gasteiger partial charge is 0.495 e. The summed E-state index contributed by atoms with van der Waals surface area (Å²) < 4.78 is 16.3. The van der Waals surface area contributed by atoms with Gasteiger partial charge in [-0.15, -0.1) is 0 Å². The van der Waals surface area contributed by atoms with Crippen LogP contribution >= 0.6 is 23.2 Å². The highest BCUT2D eigenvalue weighted by atomic mass is 35.5. The van der Waals surface area contributed by atoms with E-state index in [0.29, 0.717) is 59.3 Å². The number of methoxy groups -OCH3 is 3. The second kappa shape index (κ2) is 14.2. The fourth-order valence-electron chi connectivity index (χ4n) is 5.14. The van der Waals surface area contributed by atoms with Gasteiger partial charge in [0.15, 0.2) is 0 Å². The van der Waals surface area contributed by atoms with Crippen molar-refractivity contribution in [3.63, 3.8) is 0 Å². The molecule has 1 atom stereocenters. The monoisotopic (exact) mass is 604 g/mol. The fourth-order valence-corrected chi connectivity index (χ4v) is 5.89. The van der Waals surface area contributed by atoms with E-state index < -0.39 is 0 Å². The molecule has 0 aliphatic carbocycles. The molecule has 10 nitrogen and oxygen atoms in total. The van der Waals surface area contributed by atoms with Gasteiger partial charge < -0.3 is 29.3 Å². The van der Waals surface area contributed by atoms with Crippen molar-refractivity contribution < 1.29 is 19.0 Å². The zero-order chi connectivity index (χ0) is 29.5. The average molecular weight is 606 g/mol. The molecule has 0 radical (unpaired) electrons. The summed E-state index contributed by atoms with van der Waals surface area (Å²) in [7, 11) is 4.80. The fraction of sp³-hybridized carbons (Fsp3) is 0.483. The van der Waals surface area contributed by atoms with Crippen molar-refractivity contribution >= 4 is 52.5 Å². The Morgan fingerprint density at radius 2 is 1.80 bits per heavy atom. The quantitative estimate of drug-likeness (QED) is 0.355. The van der Waals surface area contributed by atoms with Gasteiger partial charge in [0.25, 0.3) is 0 Å². The van der Waals surface area contributed by atoms with Crippen LogP contribution in [-0.4, -0.2) is 105 Å². The van der Waals surface area contributed by atoms with Gasteiger partial charge in [-0.25, -0.2) is 4.98 Å². The third kappa shape index (κ3) is 7.24. The van der Waals surface area contributed by atoms with Crippen molar-refractivity contribution in [2.24, 2.45) is 0 Å². The number of piperazine rings is 1. The second-order valence-electron chi connectivity index (χ2n) is 10.1. The summed E-state index contributed by atoms with van der Waals surface area (Å²) in [6.45, 7) is 11.4. The van der Waals surface area contributed by atoms with E-state index in [2.05, 4.69) is 26.7 Å². The smallest absolute Gasteiger partial charge is 0.246 e. The predicted molar refractivity (Wildman–Crippen MR) is 164 cm³/mol. The normalized spacial score (nSPS) is 16.1. The van der Waals surface area contributed by atoms with Crippen LogP contribution in [0.2, 0.25) is 10.0 Å². The van der Waals surface area contributed by atoms with Crippen LogP contribution in [-0.2, 0) is 9.53 Å². The Balaban J connectivity index is 1.59. The first-order chi connectivity index (χ1) is 19.8. The second-order valence-corrected chi connectivity index (χ2v) is 10.8. The first kappa shape index (κ1) is 30.9. The number of halogens is 2. The van der Waals surface area contributed by atoms with Crippen LogP contribution in [0.5, 0.6) is 11.5 Å². The molecule has 1 fully saturated rings. The third-order valence-corrected chi connectivity index (χ3v) is 7.98. The van der Waals surface area contributed by atoms with E-state index >= 15 is 0 Å². The lowest BCUT2D eigenvalue weighted by atomic mass is 9.98. The highest BCUT2D eigenvalue weighted by Crippen LogP contribution is 2.45. The topological polar surface area (TPSA) is 92.3 Å². The Labute approximate surface area is 251 Å². The molecular formula is C29H38Cl2N6O4. The van der Waals surface area contributed by atoms with Crippen LogP contribution in [0.15, 0.2) is 24.9 Å². The van der Waals surface area contributed by atoms with Gasteiger partial charge in [0.1, 0.15) is 17.3 Å². The molecule has 2 aliphatic rings. The Kier molecular flexibility index (Phi) is 10.7. The number of nitrogens with zero attached hydrogens (tertiary/aromatic N) is 5. The summed E-state index contributed by atoms with van der Waals surface area (Å²) in [5.74, 6) is 2.33. The molecule has 3 heterocycles. The summed E-state index contributed by atoms with van der Waals surface area (Å²) in [6, 6.07) is 1.74. The van der Waals surface area contributed by atoms with Crippen LogP contribution in [0.4, 0.5) is 11.8 Å². The van der Waals surface area contributed by atoms with E-state index in [0.717, 1.165) is 49.6 Å². The van der Waals surface area contributed by atoms with Gasteiger partial charge in [-0.2, -0.15) is 4.98 Å². The van der Waals surface area contributed by atoms with E-state index in [-0.39, 0.29) is 11.9 Å². The standard InChI is InChI=1S/C29H38Cl2N6O4/c1-6-24(38)36-12-10-35(11-13-36)8-7-9-37-17-21(25-26(30)22(40-4)15-23(41-5)27(25)31)14-20-16-32-29(34-28(20)37)33-19(2)18-39-3/h6,14-16,19H,1,7-13,17-18H2,2-5H3,(H,32,33,34)/t19-/m1/s1. The number of ether oxygens (including phenoxy) is 3. The molecule has 222 valence electrons. The van der Waals surface area contributed by atoms with Crippen LogP contribution in [0.3, 0.4) is 0 Å². The predicted octanol–water partition coefficient (Wildman–Crippen LogP) is 4.33. The molecule has 12 heteroatoms. The molecule has 1 amide bonds. The molecule has 4 rings (SSSR count). The van der Waals surface area contributed by atoms with Crippen molar-refractivity contribution in [2.75, 3.05) is 84.0 Å². The molecular weight excluding hydrogens is 567 g/mol. The number of fused-ring (bicyclic) bond motifs is 1. The maximum atomic E-state index is 11.9. The maximum Gasteiger partial charge on any atom is 0.246 e. The van der Waals surface area contributed by atoms with Crippen LogP contribution in [0.25, 0.3) is 11.6 Å². The Bertz CT molecular complexity index is 1250. The lowest BCUT2D eigenvalue weighted by molar-refractivity contribution is -0.127.